The molecule has 0 aromatic heterocycles. The van der Waals surface area contributed by atoms with E-state index in [0.717, 1.165) is 13.0 Å². The van der Waals surface area contributed by atoms with Gasteiger partial charge in [-0.3, -0.25) is 0 Å². The van der Waals surface area contributed by atoms with E-state index in [1.165, 1.54) is 116 Å². The maximum absolute atomic E-state index is 10.5. The Morgan fingerprint density at radius 3 is 1.12 bits per heavy atom. The van der Waals surface area contributed by atoms with Crippen LogP contribution in [-0.4, -0.2) is 12.6 Å². The summed E-state index contributed by atoms with van der Waals surface area (Å²) >= 11 is 0. The predicted octanol–water partition coefficient (Wildman–Crippen LogP) is 7.09. The lowest BCUT2D eigenvalue weighted by molar-refractivity contribution is 0.248. The van der Waals surface area contributed by atoms with Gasteiger partial charge in [-0.1, -0.05) is 122 Å². The zero-order chi connectivity index (χ0) is 18.4. The third-order valence-corrected chi connectivity index (χ3v) is 5.08. The molecule has 0 unspecified atom stereocenters. The number of hydrogen-bond donors (Lipinski definition) is 2. The van der Waals surface area contributed by atoms with Crippen LogP contribution in [0.1, 0.15) is 129 Å². The van der Waals surface area contributed by atoms with Crippen molar-refractivity contribution in [2.75, 3.05) is 6.54 Å². The fourth-order valence-electron chi connectivity index (χ4n) is 3.42. The molecule has 3 N–H and O–H groups in total. The highest BCUT2D eigenvalue weighted by Gasteiger charge is 1.95. The van der Waals surface area contributed by atoms with Gasteiger partial charge in [-0.2, -0.15) is 0 Å². The second-order valence-electron chi connectivity index (χ2n) is 7.65. The largest absolute Gasteiger partial charge is 0.352 e. The lowest BCUT2D eigenvalue weighted by Crippen LogP contribution is -2.29. The molecule has 0 atom stereocenters. The molecule has 0 bridgehead atoms. The fourth-order valence-corrected chi connectivity index (χ4v) is 3.42. The topological polar surface area (TPSA) is 55.1 Å². The molecule has 0 aromatic carbocycles. The van der Waals surface area contributed by atoms with Gasteiger partial charge in [0.1, 0.15) is 0 Å². The van der Waals surface area contributed by atoms with Crippen molar-refractivity contribution >= 4 is 6.03 Å². The maximum Gasteiger partial charge on any atom is 0.312 e. The van der Waals surface area contributed by atoms with Crippen LogP contribution in [0.4, 0.5) is 4.79 Å². The number of hydrogen-bond acceptors (Lipinski definition) is 1. The van der Waals surface area contributed by atoms with Crippen LogP contribution < -0.4 is 11.1 Å². The standard InChI is InChI=1S/C22H46N2O/c1-2-3-4-5-6-7-8-9-10-11-12-13-14-15-16-17-18-19-20-21-24-22(23)25/h2-21H2,1H3,(H3,23,24,25). The van der Waals surface area contributed by atoms with Crippen molar-refractivity contribution in [2.24, 2.45) is 5.73 Å². The highest BCUT2D eigenvalue weighted by Crippen LogP contribution is 2.14. The quantitative estimate of drug-likeness (QED) is 0.225. The van der Waals surface area contributed by atoms with E-state index in [0.29, 0.717) is 0 Å². The van der Waals surface area contributed by atoms with Crippen molar-refractivity contribution in [3.05, 3.63) is 0 Å². The summed E-state index contributed by atoms with van der Waals surface area (Å²) in [5.41, 5.74) is 5.02. The van der Waals surface area contributed by atoms with E-state index in [1.54, 1.807) is 0 Å². The first-order valence-corrected chi connectivity index (χ1v) is 11.3. The molecule has 0 aromatic rings. The summed E-state index contributed by atoms with van der Waals surface area (Å²) in [6, 6.07) is -0.401. The van der Waals surface area contributed by atoms with Crippen LogP contribution in [0, 0.1) is 0 Å². The van der Waals surface area contributed by atoms with Gasteiger partial charge in [0.15, 0.2) is 0 Å². The van der Waals surface area contributed by atoms with E-state index in [2.05, 4.69) is 12.2 Å². The van der Waals surface area contributed by atoms with Crippen LogP contribution in [0.5, 0.6) is 0 Å². The zero-order valence-corrected chi connectivity index (χ0v) is 17.1. The Morgan fingerprint density at radius 1 is 0.560 bits per heavy atom. The highest BCUT2D eigenvalue weighted by atomic mass is 16.2. The first-order valence-electron chi connectivity index (χ1n) is 11.3. The predicted molar refractivity (Wildman–Crippen MR) is 111 cm³/mol. The average molecular weight is 355 g/mol. The molecule has 3 nitrogen and oxygen atoms in total. The Hall–Kier alpha value is -0.730. The molecule has 0 aliphatic heterocycles. The molecule has 2 amide bonds. The molecular weight excluding hydrogens is 308 g/mol. The Labute approximate surface area is 157 Å². The number of unbranched alkanes of at least 4 members (excludes halogenated alkanes) is 18. The molecule has 0 heterocycles. The molecule has 0 aliphatic rings. The van der Waals surface area contributed by atoms with Crippen LogP contribution in [0.3, 0.4) is 0 Å². The molecule has 0 spiro atoms. The third kappa shape index (κ3) is 23.3. The van der Waals surface area contributed by atoms with Gasteiger partial charge < -0.3 is 11.1 Å². The van der Waals surface area contributed by atoms with E-state index in [9.17, 15) is 4.79 Å². The maximum atomic E-state index is 10.5. The third-order valence-electron chi connectivity index (χ3n) is 5.08. The lowest BCUT2D eigenvalue weighted by atomic mass is 10.0. The van der Waals surface area contributed by atoms with Crippen LogP contribution in [0.2, 0.25) is 0 Å². The van der Waals surface area contributed by atoms with Gasteiger partial charge in [-0.05, 0) is 6.42 Å². The highest BCUT2D eigenvalue weighted by molar-refractivity contribution is 5.71. The minimum Gasteiger partial charge on any atom is -0.352 e. The summed E-state index contributed by atoms with van der Waals surface area (Å²) < 4.78 is 0. The number of amides is 2. The molecule has 0 radical (unpaired) electrons. The number of primary amides is 1. The monoisotopic (exact) mass is 354 g/mol. The molecule has 0 fully saturated rings. The van der Waals surface area contributed by atoms with E-state index < -0.39 is 6.03 Å². The van der Waals surface area contributed by atoms with Crippen LogP contribution in [-0.2, 0) is 0 Å². The smallest absolute Gasteiger partial charge is 0.312 e. The number of nitrogens with one attached hydrogen (secondary N) is 1. The number of nitrogens with two attached hydrogens (primary N) is 1. The molecule has 0 saturated heterocycles. The molecular formula is C22H46N2O. The van der Waals surface area contributed by atoms with Gasteiger partial charge >= 0.3 is 6.03 Å². The van der Waals surface area contributed by atoms with Crippen molar-refractivity contribution in [2.45, 2.75) is 129 Å². The van der Waals surface area contributed by atoms with Gasteiger partial charge in [0.2, 0.25) is 0 Å². The minimum atomic E-state index is -0.401. The number of rotatable bonds is 20. The second-order valence-corrected chi connectivity index (χ2v) is 7.65. The van der Waals surface area contributed by atoms with Crippen molar-refractivity contribution in [3.8, 4) is 0 Å². The average Bonchev–Trinajstić information content (AvgIpc) is 2.60. The normalized spacial score (nSPS) is 10.9. The molecule has 3 heteroatoms. The van der Waals surface area contributed by atoms with Gasteiger partial charge in [0.25, 0.3) is 0 Å². The first kappa shape index (κ1) is 24.3. The van der Waals surface area contributed by atoms with Crippen molar-refractivity contribution in [1.82, 2.24) is 5.32 Å². The Morgan fingerprint density at radius 2 is 0.840 bits per heavy atom. The molecule has 0 rings (SSSR count). The van der Waals surface area contributed by atoms with Crippen LogP contribution in [0.15, 0.2) is 0 Å². The summed E-state index contributed by atoms with van der Waals surface area (Å²) in [5, 5.41) is 2.64. The number of urea groups is 1. The first-order chi connectivity index (χ1) is 12.3. The van der Waals surface area contributed by atoms with Crippen LogP contribution in [0.25, 0.3) is 0 Å². The van der Waals surface area contributed by atoms with E-state index >= 15 is 0 Å². The summed E-state index contributed by atoms with van der Waals surface area (Å²) in [4.78, 5) is 10.5. The van der Waals surface area contributed by atoms with Gasteiger partial charge in [-0.25, -0.2) is 4.79 Å². The Bertz CT molecular complexity index is 269. The van der Waals surface area contributed by atoms with Crippen molar-refractivity contribution < 1.29 is 4.79 Å². The zero-order valence-electron chi connectivity index (χ0n) is 17.1. The molecule has 0 saturated carbocycles. The van der Waals surface area contributed by atoms with Gasteiger partial charge in [0, 0.05) is 6.54 Å². The van der Waals surface area contributed by atoms with Crippen LogP contribution >= 0.6 is 0 Å². The van der Waals surface area contributed by atoms with Crippen molar-refractivity contribution in [3.63, 3.8) is 0 Å². The second kappa shape index (κ2) is 21.3. The summed E-state index contributed by atoms with van der Waals surface area (Å²) in [5.74, 6) is 0. The summed E-state index contributed by atoms with van der Waals surface area (Å²) in [6.07, 6.45) is 26.4. The molecule has 25 heavy (non-hydrogen) atoms. The van der Waals surface area contributed by atoms with Crippen molar-refractivity contribution in [1.29, 1.82) is 0 Å². The van der Waals surface area contributed by atoms with E-state index in [4.69, 9.17) is 5.73 Å². The van der Waals surface area contributed by atoms with Gasteiger partial charge in [-0.15, -0.1) is 0 Å². The number of carbonyl (C=O) groups is 1. The minimum absolute atomic E-state index is 0.401. The SMILES string of the molecule is CCCCCCCCCCCCCCCCCCCCCNC(N)=O. The number of carbonyl (C=O) groups excluding carboxylic acids is 1. The molecule has 150 valence electrons. The molecule has 0 aliphatic carbocycles. The summed E-state index contributed by atoms with van der Waals surface area (Å²) in [6.45, 7) is 3.02. The lowest BCUT2D eigenvalue weighted by Gasteiger charge is -2.04. The summed E-state index contributed by atoms with van der Waals surface area (Å²) in [7, 11) is 0. The van der Waals surface area contributed by atoms with E-state index in [-0.39, 0.29) is 0 Å². The Balaban J connectivity index is 2.97. The fraction of sp³-hybridized carbons (Fsp3) is 0.955. The Kier molecular flexibility index (Phi) is 20.7. The van der Waals surface area contributed by atoms with Gasteiger partial charge in [0.05, 0.1) is 0 Å². The van der Waals surface area contributed by atoms with E-state index in [1.807, 2.05) is 0 Å².